The number of hydrogen-bond donors (Lipinski definition) is 4. The SMILES string of the molecule is CCC(C)N(CC(=O)N(CC(N)=O)Cc1ccc(N)cc1)C(=O)CN(CCSC)C(=O)CCCCCCCCCCCCCCC(=O)N(CC(N)=O)CC(=O)N(CC(=O)O)Cc1ccccc1. The Hall–Kier alpha value is -5.65. The highest BCUT2D eigenvalue weighted by atomic mass is 32.2. The predicted octanol–water partition coefficient (Wildman–Crippen LogP) is 4.79. The molecule has 1 atom stereocenters. The summed E-state index contributed by atoms with van der Waals surface area (Å²) >= 11 is 1.59. The summed E-state index contributed by atoms with van der Waals surface area (Å²) in [6.07, 6.45) is 14.5. The van der Waals surface area contributed by atoms with Crippen molar-refractivity contribution in [2.45, 2.75) is 129 Å². The summed E-state index contributed by atoms with van der Waals surface area (Å²) in [4.78, 5) is 109. The van der Waals surface area contributed by atoms with Gasteiger partial charge < -0.3 is 46.8 Å². The lowest BCUT2D eigenvalue weighted by Crippen LogP contribution is -2.51. The molecule has 0 bridgehead atoms. The van der Waals surface area contributed by atoms with Crippen LogP contribution >= 0.6 is 11.8 Å². The number of amides is 7. The number of carboxylic acids is 1. The lowest BCUT2D eigenvalue weighted by Gasteiger charge is -2.33. The average molecular weight is 953 g/mol. The molecule has 0 aromatic heterocycles. The summed E-state index contributed by atoms with van der Waals surface area (Å²) in [6.45, 7) is 2.32. The number of nitrogens with zero attached hydrogens (tertiary/aromatic N) is 5. The molecule has 7 amide bonds. The molecule has 372 valence electrons. The van der Waals surface area contributed by atoms with Gasteiger partial charge in [-0.25, -0.2) is 0 Å². The normalized spacial score (nSPS) is 11.3. The highest BCUT2D eigenvalue weighted by Gasteiger charge is 2.28. The largest absolute Gasteiger partial charge is 0.480 e. The number of nitrogens with two attached hydrogens (primary N) is 3. The van der Waals surface area contributed by atoms with Crippen LogP contribution < -0.4 is 17.2 Å². The summed E-state index contributed by atoms with van der Waals surface area (Å²) in [5.41, 5.74) is 18.7. The Bertz CT molecular complexity index is 1850. The van der Waals surface area contributed by atoms with E-state index in [1.54, 1.807) is 65.2 Å². The Kier molecular flexibility index (Phi) is 28.2. The molecule has 0 heterocycles. The highest BCUT2D eigenvalue weighted by Crippen LogP contribution is 2.16. The van der Waals surface area contributed by atoms with Crippen LogP contribution in [0, 0.1) is 0 Å². The van der Waals surface area contributed by atoms with Crippen molar-refractivity contribution >= 4 is 64.8 Å². The smallest absolute Gasteiger partial charge is 0.323 e. The first-order valence-electron chi connectivity index (χ1n) is 23.6. The second kappa shape index (κ2) is 32.9. The summed E-state index contributed by atoms with van der Waals surface area (Å²) in [5, 5.41) is 9.36. The van der Waals surface area contributed by atoms with Crippen LogP contribution in [0.4, 0.5) is 5.69 Å². The van der Waals surface area contributed by atoms with E-state index in [1.165, 1.54) is 9.80 Å². The number of aliphatic carboxylic acids is 1. The van der Waals surface area contributed by atoms with Gasteiger partial charge >= 0.3 is 5.97 Å². The zero-order chi connectivity index (χ0) is 49.6. The first-order chi connectivity index (χ1) is 32.0. The Morgan fingerprint density at radius 2 is 0.970 bits per heavy atom. The third-order valence-corrected chi connectivity index (χ3v) is 12.1. The Labute approximate surface area is 401 Å². The van der Waals surface area contributed by atoms with Crippen molar-refractivity contribution in [3.8, 4) is 0 Å². The number of rotatable bonds is 36. The summed E-state index contributed by atoms with van der Waals surface area (Å²) in [6, 6.07) is 15.6. The lowest BCUT2D eigenvalue weighted by atomic mass is 10.0. The number of thioether (sulfide) groups is 1. The number of hydrogen-bond acceptors (Lipinski definition) is 10. The predicted molar refractivity (Wildman–Crippen MR) is 262 cm³/mol. The number of carboxylic acid groups (broad SMARTS) is 1. The molecule has 0 spiro atoms. The minimum atomic E-state index is -1.18. The maximum Gasteiger partial charge on any atom is 0.323 e. The summed E-state index contributed by atoms with van der Waals surface area (Å²) in [7, 11) is 0. The minimum absolute atomic E-state index is 0.0558. The molecular weight excluding hydrogens is 877 g/mol. The molecule has 0 aliphatic carbocycles. The van der Waals surface area contributed by atoms with Crippen LogP contribution in [0.15, 0.2) is 54.6 Å². The number of anilines is 1. The molecule has 0 fully saturated rings. The Morgan fingerprint density at radius 1 is 0.537 bits per heavy atom. The van der Waals surface area contributed by atoms with Crippen LogP contribution in [0.2, 0.25) is 0 Å². The van der Waals surface area contributed by atoms with E-state index in [1.807, 2.05) is 26.2 Å². The van der Waals surface area contributed by atoms with Crippen LogP contribution in [-0.2, 0) is 51.4 Å². The molecule has 17 nitrogen and oxygen atoms in total. The van der Waals surface area contributed by atoms with Crippen molar-refractivity contribution in [3.05, 3.63) is 65.7 Å². The fourth-order valence-corrected chi connectivity index (χ4v) is 7.89. The number of nitrogen functional groups attached to an aromatic ring is 1. The van der Waals surface area contributed by atoms with Gasteiger partial charge in [-0.05, 0) is 55.7 Å². The molecule has 2 rings (SSSR count). The topological polar surface area (TPSA) is 251 Å². The van der Waals surface area contributed by atoms with Crippen molar-refractivity contribution in [2.24, 2.45) is 11.5 Å². The average Bonchev–Trinajstić information content (AvgIpc) is 3.28. The molecule has 18 heteroatoms. The zero-order valence-corrected chi connectivity index (χ0v) is 40.9. The van der Waals surface area contributed by atoms with E-state index in [0.29, 0.717) is 37.2 Å². The maximum absolute atomic E-state index is 13.8. The van der Waals surface area contributed by atoms with Crippen molar-refractivity contribution in [1.82, 2.24) is 24.5 Å². The van der Waals surface area contributed by atoms with Crippen molar-refractivity contribution in [3.63, 3.8) is 0 Å². The molecule has 2 aromatic rings. The monoisotopic (exact) mass is 953 g/mol. The third kappa shape index (κ3) is 24.6. The molecule has 0 saturated heterocycles. The Morgan fingerprint density at radius 3 is 1.45 bits per heavy atom. The van der Waals surface area contributed by atoms with Gasteiger partial charge in [0.05, 0.1) is 19.6 Å². The van der Waals surface area contributed by atoms with E-state index in [-0.39, 0.29) is 62.9 Å². The quantitative estimate of drug-likeness (QED) is 0.0534. The van der Waals surface area contributed by atoms with E-state index in [4.69, 9.17) is 17.2 Å². The van der Waals surface area contributed by atoms with Gasteiger partial charge in [-0.1, -0.05) is 114 Å². The number of unbranched alkanes of at least 4 members (excludes halogenated alkanes) is 11. The number of carbonyl (C=O) groups excluding carboxylic acids is 7. The molecule has 1 unspecified atom stereocenters. The molecule has 67 heavy (non-hydrogen) atoms. The first-order valence-corrected chi connectivity index (χ1v) is 25.0. The van der Waals surface area contributed by atoms with Gasteiger partial charge in [0, 0.05) is 50.0 Å². The van der Waals surface area contributed by atoms with Crippen LogP contribution in [0.1, 0.15) is 121 Å². The van der Waals surface area contributed by atoms with Gasteiger partial charge in [0.15, 0.2) is 0 Å². The van der Waals surface area contributed by atoms with Crippen LogP contribution in [0.25, 0.3) is 0 Å². The van der Waals surface area contributed by atoms with E-state index in [9.17, 15) is 43.5 Å². The van der Waals surface area contributed by atoms with Crippen LogP contribution in [-0.4, -0.2) is 141 Å². The Balaban J connectivity index is 1.71. The van der Waals surface area contributed by atoms with Crippen molar-refractivity contribution < 1.29 is 43.5 Å². The molecule has 0 saturated carbocycles. The summed E-state index contributed by atoms with van der Waals surface area (Å²) in [5.74, 6) is -3.71. The lowest BCUT2D eigenvalue weighted by molar-refractivity contribution is -0.147. The van der Waals surface area contributed by atoms with E-state index < -0.39 is 49.2 Å². The standard InChI is InChI=1S/C49H76N8O9S/c1-4-38(2)57(36-47(63)54(32-42(51)58)31-40-24-26-41(50)27-25-40)48(64)35-53(28-29-67-3)44(60)22-18-13-11-9-7-5-6-8-10-12-14-19-23-45(61)56(33-43(52)59)34-46(62)55(37-49(65)66)30-39-20-16-15-17-21-39/h15-17,20-21,24-27,38H,4-14,18-19,22-23,28-37,50H2,1-3H3,(H2,51,58)(H2,52,59)(H,65,66). The number of benzene rings is 2. The van der Waals surface area contributed by atoms with Gasteiger partial charge in [-0.15, -0.1) is 0 Å². The van der Waals surface area contributed by atoms with Gasteiger partial charge in [-0.3, -0.25) is 38.4 Å². The molecular formula is C49H76N8O9S. The molecule has 0 radical (unpaired) electrons. The summed E-state index contributed by atoms with van der Waals surface area (Å²) < 4.78 is 0. The second-order valence-electron chi connectivity index (χ2n) is 17.1. The van der Waals surface area contributed by atoms with E-state index >= 15 is 0 Å². The second-order valence-corrected chi connectivity index (χ2v) is 18.1. The minimum Gasteiger partial charge on any atom is -0.480 e. The highest BCUT2D eigenvalue weighted by molar-refractivity contribution is 7.98. The fraction of sp³-hybridized carbons (Fsp3) is 0.592. The van der Waals surface area contributed by atoms with Crippen molar-refractivity contribution in [1.29, 1.82) is 0 Å². The van der Waals surface area contributed by atoms with Gasteiger partial charge in [0.25, 0.3) is 0 Å². The van der Waals surface area contributed by atoms with Crippen molar-refractivity contribution in [2.75, 3.05) is 63.6 Å². The van der Waals surface area contributed by atoms with Gasteiger partial charge in [0.1, 0.15) is 19.6 Å². The molecule has 2 aromatic carbocycles. The molecule has 7 N–H and O–H groups in total. The van der Waals surface area contributed by atoms with Gasteiger partial charge in [-0.2, -0.15) is 11.8 Å². The number of carbonyl (C=O) groups is 8. The first kappa shape index (κ1) is 57.5. The molecule has 0 aliphatic rings. The molecule has 0 aliphatic heterocycles. The van der Waals surface area contributed by atoms with Crippen LogP contribution in [0.3, 0.4) is 0 Å². The fourth-order valence-electron chi connectivity index (χ4n) is 7.49. The zero-order valence-electron chi connectivity index (χ0n) is 40.0. The van der Waals surface area contributed by atoms with E-state index in [2.05, 4.69) is 0 Å². The third-order valence-electron chi connectivity index (χ3n) is 11.5. The number of primary amides is 2. The maximum atomic E-state index is 13.8. The van der Waals surface area contributed by atoms with E-state index in [0.717, 1.165) is 91.6 Å². The van der Waals surface area contributed by atoms with Gasteiger partial charge in [0.2, 0.25) is 41.4 Å². The van der Waals surface area contributed by atoms with Crippen LogP contribution in [0.5, 0.6) is 0 Å².